The van der Waals surface area contributed by atoms with E-state index in [9.17, 15) is 0 Å². The van der Waals surface area contributed by atoms with Gasteiger partial charge in [0.05, 0.1) is 0 Å². The second kappa shape index (κ2) is 15.7. The fraction of sp³-hybridized carbons (Fsp3) is 0.164. The minimum atomic E-state index is -0.0188. The van der Waals surface area contributed by atoms with Gasteiger partial charge in [0.15, 0.2) is 0 Å². The Kier molecular flexibility index (Phi) is 9.97. The van der Waals surface area contributed by atoms with E-state index in [1.807, 2.05) is 18.5 Å². The molecular formula is C55H49N5OSe. The first kappa shape index (κ1) is 39.5. The molecule has 0 unspecified atom stereocenters. The molecule has 0 amide bonds. The zero-order valence-electron chi connectivity index (χ0n) is 36.0. The Bertz CT molecular complexity index is 2880. The van der Waals surface area contributed by atoms with Crippen LogP contribution in [-0.2, 0) is 10.8 Å². The van der Waals surface area contributed by atoms with Gasteiger partial charge in [0.1, 0.15) is 0 Å². The molecule has 0 bridgehead atoms. The van der Waals surface area contributed by atoms with E-state index in [1.54, 1.807) is 0 Å². The number of hydrogen-bond acceptors (Lipinski definition) is 6. The van der Waals surface area contributed by atoms with E-state index < -0.39 is 0 Å². The molecule has 0 spiro atoms. The molecule has 62 heavy (non-hydrogen) atoms. The average molecular weight is 875 g/mol. The van der Waals surface area contributed by atoms with Gasteiger partial charge in [-0.1, -0.05) is 81.4 Å². The van der Waals surface area contributed by atoms with Crippen molar-refractivity contribution < 1.29 is 4.74 Å². The fourth-order valence-corrected chi connectivity index (χ4v) is 10.4. The third-order valence-electron chi connectivity index (χ3n) is 11.7. The van der Waals surface area contributed by atoms with Gasteiger partial charge in [0.2, 0.25) is 0 Å². The van der Waals surface area contributed by atoms with Gasteiger partial charge in [-0.25, -0.2) is 0 Å². The minimum absolute atomic E-state index is 0.0175. The summed E-state index contributed by atoms with van der Waals surface area (Å²) < 4.78 is 9.19. The van der Waals surface area contributed by atoms with Crippen molar-refractivity contribution in [3.05, 3.63) is 187 Å². The van der Waals surface area contributed by atoms with Gasteiger partial charge >= 0.3 is 241 Å². The summed E-state index contributed by atoms with van der Waals surface area (Å²) in [6.07, 6.45) is 3.91. The monoisotopic (exact) mass is 875 g/mol. The molecule has 0 fully saturated rings. The van der Waals surface area contributed by atoms with Gasteiger partial charge in [0, 0.05) is 0 Å². The first-order chi connectivity index (χ1) is 30.0. The van der Waals surface area contributed by atoms with Crippen molar-refractivity contribution in [2.45, 2.75) is 52.4 Å². The number of fused-ring (bicyclic) bond motifs is 3. The zero-order chi connectivity index (χ0) is 42.6. The summed E-state index contributed by atoms with van der Waals surface area (Å²) in [5, 5.41) is 0. The SMILES string of the molecule is CC(C)(C)c1ccnc(N2c3ccccc3[Se]c3cnc(Oc4cccc(N5CN(c6cc(-c7ccccc7)cc(-c7ccccc7)c6)c6cc(C(C)(C)C)ccc65)c4)cc32)c1. The van der Waals surface area contributed by atoms with Gasteiger partial charge in [-0.3, -0.25) is 0 Å². The predicted molar refractivity (Wildman–Crippen MR) is 259 cm³/mol. The summed E-state index contributed by atoms with van der Waals surface area (Å²) in [4.78, 5) is 16.9. The Morgan fingerprint density at radius 2 is 1.15 bits per heavy atom. The van der Waals surface area contributed by atoms with Crippen molar-refractivity contribution in [3.63, 3.8) is 0 Å². The van der Waals surface area contributed by atoms with Gasteiger partial charge in [-0.15, -0.1) is 0 Å². The number of anilines is 7. The molecule has 0 aliphatic carbocycles. The summed E-state index contributed by atoms with van der Waals surface area (Å²) in [5.41, 5.74) is 13.9. The Hall–Kier alpha value is -6.66. The van der Waals surface area contributed by atoms with E-state index in [0.717, 1.165) is 40.0 Å². The van der Waals surface area contributed by atoms with Crippen LogP contribution in [0.5, 0.6) is 11.6 Å². The summed E-state index contributed by atoms with van der Waals surface area (Å²) in [5.74, 6) is 2.15. The van der Waals surface area contributed by atoms with E-state index in [4.69, 9.17) is 14.7 Å². The van der Waals surface area contributed by atoms with Crippen LogP contribution >= 0.6 is 0 Å². The van der Waals surface area contributed by atoms with E-state index in [0.29, 0.717) is 12.5 Å². The number of aromatic nitrogens is 2. The molecule has 2 aliphatic heterocycles. The Morgan fingerprint density at radius 3 is 1.85 bits per heavy atom. The molecule has 2 aromatic heterocycles. The van der Waals surface area contributed by atoms with Crippen molar-refractivity contribution in [1.82, 2.24) is 9.97 Å². The van der Waals surface area contributed by atoms with Crippen LogP contribution in [0, 0.1) is 0 Å². The van der Waals surface area contributed by atoms with Gasteiger partial charge < -0.3 is 0 Å². The number of ether oxygens (including phenoxy) is 1. The summed E-state index contributed by atoms with van der Waals surface area (Å²) in [7, 11) is 0. The average Bonchev–Trinajstić information content (AvgIpc) is 3.68. The summed E-state index contributed by atoms with van der Waals surface area (Å²) in [6, 6.07) is 58.7. The van der Waals surface area contributed by atoms with E-state index in [1.165, 1.54) is 48.0 Å². The zero-order valence-corrected chi connectivity index (χ0v) is 37.7. The second-order valence-electron chi connectivity index (χ2n) is 18.1. The van der Waals surface area contributed by atoms with Gasteiger partial charge in [0.25, 0.3) is 0 Å². The molecule has 0 saturated carbocycles. The van der Waals surface area contributed by atoms with Crippen molar-refractivity contribution in [1.29, 1.82) is 0 Å². The van der Waals surface area contributed by atoms with E-state index in [-0.39, 0.29) is 25.8 Å². The molecule has 2 aliphatic rings. The molecule has 0 N–H and O–H groups in total. The molecule has 7 heteroatoms. The summed E-state index contributed by atoms with van der Waals surface area (Å²) >= 11 is 0.0832. The molecular weight excluding hydrogens is 826 g/mol. The van der Waals surface area contributed by atoms with Crippen LogP contribution in [0.1, 0.15) is 52.7 Å². The Morgan fingerprint density at radius 1 is 0.484 bits per heavy atom. The van der Waals surface area contributed by atoms with Crippen molar-refractivity contribution in [2.24, 2.45) is 0 Å². The van der Waals surface area contributed by atoms with Crippen LogP contribution in [0.25, 0.3) is 22.3 Å². The maximum atomic E-state index is 6.70. The first-order valence-corrected chi connectivity index (χ1v) is 22.9. The molecule has 306 valence electrons. The standard InChI is InChI=1S/C55H49N5OSe/c1-54(2,3)41-24-25-46-48(31-41)59(44-29-39(37-16-9-7-10-17-37)28-40(30-44)38-18-11-8-12-19-38)36-58(46)43-20-15-21-45(33-43)61-53-34-49-51(35-57-53)62-50-23-14-13-22-47(50)60(49)52-32-42(26-27-56-52)55(4,5)6/h7-35H,36H2,1-6H3. The number of benzene rings is 6. The van der Waals surface area contributed by atoms with Crippen LogP contribution in [0.2, 0.25) is 0 Å². The molecule has 0 saturated heterocycles. The van der Waals surface area contributed by atoms with Crippen LogP contribution in [0.3, 0.4) is 0 Å². The van der Waals surface area contributed by atoms with Crippen molar-refractivity contribution in [2.75, 3.05) is 21.4 Å². The van der Waals surface area contributed by atoms with Gasteiger partial charge in [-0.2, -0.15) is 0 Å². The van der Waals surface area contributed by atoms with Crippen molar-refractivity contribution in [3.8, 4) is 33.9 Å². The number of rotatable bonds is 7. The third-order valence-corrected chi connectivity index (χ3v) is 14.0. The number of hydrogen-bond donors (Lipinski definition) is 0. The second-order valence-corrected chi connectivity index (χ2v) is 20.4. The van der Waals surface area contributed by atoms with Crippen LogP contribution < -0.4 is 28.4 Å². The van der Waals surface area contributed by atoms with Crippen LogP contribution in [0.4, 0.5) is 39.9 Å². The van der Waals surface area contributed by atoms with Crippen molar-refractivity contribution >= 4 is 63.8 Å². The quantitative estimate of drug-likeness (QED) is 0.149. The topological polar surface area (TPSA) is 44.7 Å². The molecule has 6 aromatic carbocycles. The molecule has 4 heterocycles. The van der Waals surface area contributed by atoms with Crippen LogP contribution in [-0.4, -0.2) is 31.6 Å². The molecule has 8 aromatic rings. The number of para-hydroxylation sites is 1. The number of nitrogens with zero attached hydrogens (tertiary/aromatic N) is 5. The fourth-order valence-electron chi connectivity index (χ4n) is 8.32. The molecule has 0 radical (unpaired) electrons. The Balaban J connectivity index is 1.02. The predicted octanol–water partition coefficient (Wildman–Crippen LogP) is 12.9. The first-order valence-electron chi connectivity index (χ1n) is 21.2. The molecule has 0 atom stereocenters. The number of pyridine rings is 2. The maximum absolute atomic E-state index is 6.70. The Labute approximate surface area is 371 Å². The van der Waals surface area contributed by atoms with E-state index in [2.05, 4.69) is 214 Å². The van der Waals surface area contributed by atoms with E-state index >= 15 is 0 Å². The molecule has 10 rings (SSSR count). The van der Waals surface area contributed by atoms with Crippen LogP contribution in [0.15, 0.2) is 176 Å². The third kappa shape index (κ3) is 7.64. The normalized spacial score (nSPS) is 13.4. The molecule has 6 nitrogen and oxygen atoms in total. The van der Waals surface area contributed by atoms with Gasteiger partial charge in [-0.05, 0) is 51.4 Å². The summed E-state index contributed by atoms with van der Waals surface area (Å²) in [6.45, 7) is 14.2.